The van der Waals surface area contributed by atoms with E-state index < -0.39 is 10.0 Å². The third kappa shape index (κ3) is 5.35. The molecule has 0 spiro atoms. The van der Waals surface area contributed by atoms with Crippen molar-refractivity contribution in [2.75, 3.05) is 20.1 Å². The Morgan fingerprint density at radius 2 is 1.72 bits per heavy atom. The maximum absolute atomic E-state index is 11.9. The first-order valence-electron chi connectivity index (χ1n) is 5.83. The van der Waals surface area contributed by atoms with Crippen LogP contribution in [0.3, 0.4) is 0 Å². The Bertz CT molecular complexity index is 432. The van der Waals surface area contributed by atoms with Crippen molar-refractivity contribution >= 4 is 22.4 Å². The summed E-state index contributed by atoms with van der Waals surface area (Å²) in [5.41, 5.74) is 1.14. The highest BCUT2D eigenvalue weighted by Gasteiger charge is 2.12. The first-order chi connectivity index (χ1) is 8.10. The van der Waals surface area contributed by atoms with E-state index in [4.69, 9.17) is 0 Å². The van der Waals surface area contributed by atoms with Gasteiger partial charge in [-0.25, -0.2) is 13.1 Å². The van der Waals surface area contributed by atoms with Gasteiger partial charge in [0.15, 0.2) is 0 Å². The molecule has 0 fully saturated rings. The van der Waals surface area contributed by atoms with Crippen molar-refractivity contribution in [1.29, 1.82) is 0 Å². The molecule has 0 aliphatic heterocycles. The van der Waals surface area contributed by atoms with Gasteiger partial charge in [0.1, 0.15) is 0 Å². The van der Waals surface area contributed by atoms with E-state index in [1.165, 1.54) is 0 Å². The lowest BCUT2D eigenvalue weighted by atomic mass is 10.2. The molecule has 0 radical (unpaired) electrons. The predicted molar refractivity (Wildman–Crippen MR) is 76.8 cm³/mol. The second kappa shape index (κ2) is 8.48. The summed E-state index contributed by atoms with van der Waals surface area (Å²) in [6.45, 7) is 3.30. The summed E-state index contributed by atoms with van der Waals surface area (Å²) in [4.78, 5) is 0.333. The molecular weight excluding hydrogens is 272 g/mol. The lowest BCUT2D eigenvalue weighted by Crippen LogP contribution is -2.26. The zero-order valence-corrected chi connectivity index (χ0v) is 12.4. The van der Waals surface area contributed by atoms with E-state index in [9.17, 15) is 8.42 Å². The summed E-state index contributed by atoms with van der Waals surface area (Å²) < 4.78 is 26.3. The van der Waals surface area contributed by atoms with Crippen molar-refractivity contribution in [3.8, 4) is 0 Å². The maximum Gasteiger partial charge on any atom is 0.240 e. The first-order valence-corrected chi connectivity index (χ1v) is 7.31. The maximum atomic E-state index is 11.9. The monoisotopic (exact) mass is 292 g/mol. The van der Waals surface area contributed by atoms with Crippen molar-refractivity contribution < 1.29 is 8.42 Å². The Kier molecular flexibility index (Phi) is 8.18. The van der Waals surface area contributed by atoms with Gasteiger partial charge < -0.3 is 5.32 Å². The second-order valence-electron chi connectivity index (χ2n) is 3.85. The zero-order chi connectivity index (χ0) is 12.7. The van der Waals surface area contributed by atoms with Crippen molar-refractivity contribution in [3.63, 3.8) is 0 Å². The van der Waals surface area contributed by atoms with Crippen LogP contribution in [0.1, 0.15) is 18.9 Å². The van der Waals surface area contributed by atoms with Gasteiger partial charge in [-0.3, -0.25) is 0 Å². The fraction of sp³-hybridized carbons (Fsp3) is 0.500. The van der Waals surface area contributed by atoms with Crippen molar-refractivity contribution in [2.45, 2.75) is 24.7 Å². The topological polar surface area (TPSA) is 58.2 Å². The molecule has 2 N–H and O–H groups in total. The molecule has 0 aliphatic rings. The van der Waals surface area contributed by atoms with Gasteiger partial charge in [0, 0.05) is 6.54 Å². The van der Waals surface area contributed by atoms with Crippen molar-refractivity contribution in [1.82, 2.24) is 10.0 Å². The van der Waals surface area contributed by atoms with E-state index in [0.717, 1.165) is 24.9 Å². The third-order valence-corrected chi connectivity index (χ3v) is 4.01. The standard InChI is InChI=1S/C12H20N2O2S.ClH/c1-3-11-5-7-12(8-6-11)17(15,16)14-10-4-9-13-2;/h5-8,13-14H,3-4,9-10H2,1-2H3;1H. The molecule has 104 valence electrons. The van der Waals surface area contributed by atoms with Crippen molar-refractivity contribution in [3.05, 3.63) is 29.8 Å². The highest BCUT2D eigenvalue weighted by atomic mass is 35.5. The van der Waals surface area contributed by atoms with Crippen LogP contribution < -0.4 is 10.0 Å². The molecule has 0 bridgehead atoms. The van der Waals surface area contributed by atoms with Crippen LogP contribution in [0.2, 0.25) is 0 Å². The van der Waals surface area contributed by atoms with Crippen LogP contribution in [0.5, 0.6) is 0 Å². The number of hydrogen-bond acceptors (Lipinski definition) is 3. The highest BCUT2D eigenvalue weighted by molar-refractivity contribution is 7.89. The van der Waals surface area contributed by atoms with Gasteiger partial charge in [0.05, 0.1) is 4.90 Å². The van der Waals surface area contributed by atoms with E-state index in [2.05, 4.69) is 10.0 Å². The normalized spacial score (nSPS) is 11.0. The SMILES string of the molecule is CCc1ccc(S(=O)(=O)NCCCNC)cc1.Cl. The van der Waals surface area contributed by atoms with Crippen LogP contribution in [0.15, 0.2) is 29.2 Å². The van der Waals surface area contributed by atoms with Crippen LogP contribution in [0, 0.1) is 0 Å². The number of hydrogen-bond donors (Lipinski definition) is 2. The summed E-state index contributed by atoms with van der Waals surface area (Å²) in [5, 5.41) is 2.97. The highest BCUT2D eigenvalue weighted by Crippen LogP contribution is 2.10. The fourth-order valence-electron chi connectivity index (χ4n) is 1.46. The molecule has 1 aromatic rings. The number of aryl methyl sites for hydroxylation is 1. The van der Waals surface area contributed by atoms with Crippen LogP contribution in [0.25, 0.3) is 0 Å². The smallest absolute Gasteiger partial charge is 0.240 e. The molecule has 0 aliphatic carbocycles. The minimum absolute atomic E-state index is 0. The predicted octanol–water partition coefficient (Wildman–Crippen LogP) is 1.56. The van der Waals surface area contributed by atoms with E-state index in [0.29, 0.717) is 11.4 Å². The minimum atomic E-state index is -3.34. The van der Waals surface area contributed by atoms with Crippen LogP contribution >= 0.6 is 12.4 Å². The fourth-order valence-corrected chi connectivity index (χ4v) is 2.53. The zero-order valence-electron chi connectivity index (χ0n) is 10.8. The number of benzene rings is 1. The summed E-state index contributed by atoms with van der Waals surface area (Å²) in [6, 6.07) is 7.00. The molecule has 4 nitrogen and oxygen atoms in total. The average Bonchev–Trinajstić information content (AvgIpc) is 2.35. The molecule has 0 amide bonds. The largest absolute Gasteiger partial charge is 0.320 e. The average molecular weight is 293 g/mol. The Balaban J connectivity index is 0.00000289. The van der Waals surface area contributed by atoms with E-state index in [-0.39, 0.29) is 12.4 Å². The minimum Gasteiger partial charge on any atom is -0.320 e. The summed E-state index contributed by atoms with van der Waals surface area (Å²) >= 11 is 0. The number of nitrogens with one attached hydrogen (secondary N) is 2. The van der Waals surface area contributed by atoms with Gasteiger partial charge >= 0.3 is 0 Å². The number of sulfonamides is 1. The lowest BCUT2D eigenvalue weighted by Gasteiger charge is -2.07. The summed E-state index contributed by atoms with van der Waals surface area (Å²) in [7, 11) is -1.50. The Labute approximate surface area is 116 Å². The summed E-state index contributed by atoms with van der Waals surface area (Å²) in [5.74, 6) is 0. The van der Waals surface area contributed by atoms with E-state index in [1.54, 1.807) is 12.1 Å². The number of halogens is 1. The van der Waals surface area contributed by atoms with Gasteiger partial charge in [0.2, 0.25) is 10.0 Å². The second-order valence-corrected chi connectivity index (χ2v) is 5.62. The molecule has 1 rings (SSSR count). The molecule has 0 saturated heterocycles. The van der Waals surface area contributed by atoms with Gasteiger partial charge in [0.25, 0.3) is 0 Å². The molecule has 18 heavy (non-hydrogen) atoms. The van der Waals surface area contributed by atoms with Crippen LogP contribution in [-0.2, 0) is 16.4 Å². The summed E-state index contributed by atoms with van der Waals surface area (Å²) in [6.07, 6.45) is 1.69. The molecule has 0 saturated carbocycles. The van der Waals surface area contributed by atoms with Crippen LogP contribution in [-0.4, -0.2) is 28.6 Å². The Morgan fingerprint density at radius 3 is 2.22 bits per heavy atom. The molecule has 0 unspecified atom stereocenters. The molecule has 1 aromatic carbocycles. The van der Waals surface area contributed by atoms with Gasteiger partial charge in [-0.2, -0.15) is 0 Å². The first kappa shape index (κ1) is 17.4. The molecule has 0 heterocycles. The third-order valence-electron chi connectivity index (χ3n) is 2.54. The lowest BCUT2D eigenvalue weighted by molar-refractivity contribution is 0.577. The van der Waals surface area contributed by atoms with Crippen molar-refractivity contribution in [2.24, 2.45) is 0 Å². The molecule has 6 heteroatoms. The van der Waals surface area contributed by atoms with Gasteiger partial charge in [-0.1, -0.05) is 19.1 Å². The van der Waals surface area contributed by atoms with E-state index >= 15 is 0 Å². The molecule has 0 aromatic heterocycles. The Hall–Kier alpha value is -0.620. The quantitative estimate of drug-likeness (QED) is 0.750. The van der Waals surface area contributed by atoms with E-state index in [1.807, 2.05) is 26.1 Å². The Morgan fingerprint density at radius 1 is 1.11 bits per heavy atom. The van der Waals surface area contributed by atoms with Gasteiger partial charge in [-0.15, -0.1) is 12.4 Å². The molecular formula is C12H21ClN2O2S. The van der Waals surface area contributed by atoms with Gasteiger partial charge in [-0.05, 0) is 44.1 Å². The molecule has 0 atom stereocenters. The van der Waals surface area contributed by atoms with Crippen LogP contribution in [0.4, 0.5) is 0 Å². The number of rotatable bonds is 7.